The van der Waals surface area contributed by atoms with Crippen LogP contribution in [0.2, 0.25) is 0 Å². The van der Waals surface area contributed by atoms with Crippen LogP contribution in [0.15, 0.2) is 30.4 Å². The summed E-state index contributed by atoms with van der Waals surface area (Å²) in [5.74, 6) is -0.280. The van der Waals surface area contributed by atoms with Crippen LogP contribution >= 0.6 is 0 Å². The van der Waals surface area contributed by atoms with Crippen LogP contribution in [0.5, 0.6) is 0 Å². The molecular formula is C20H31N3O5. The van der Waals surface area contributed by atoms with E-state index in [1.807, 2.05) is 19.1 Å². The van der Waals surface area contributed by atoms with Gasteiger partial charge in [-0.1, -0.05) is 42.5 Å². The van der Waals surface area contributed by atoms with Crippen LogP contribution in [0.1, 0.15) is 56.5 Å². The van der Waals surface area contributed by atoms with Crippen molar-refractivity contribution in [2.75, 3.05) is 7.11 Å². The first-order valence-corrected chi connectivity index (χ1v) is 9.39. The predicted molar refractivity (Wildman–Crippen MR) is 106 cm³/mol. The Morgan fingerprint density at radius 1 is 1.18 bits per heavy atom. The number of aromatic nitrogens is 3. The van der Waals surface area contributed by atoms with Crippen LogP contribution < -0.4 is 0 Å². The largest absolute Gasteiger partial charge is 0.469 e. The Labute approximate surface area is 165 Å². The smallest absolute Gasteiger partial charge is 0.305 e. The second-order valence-corrected chi connectivity index (χ2v) is 6.35. The maximum Gasteiger partial charge on any atom is 0.305 e. The highest BCUT2D eigenvalue weighted by atomic mass is 16.5. The van der Waals surface area contributed by atoms with Gasteiger partial charge < -0.3 is 20.1 Å². The van der Waals surface area contributed by atoms with Crippen molar-refractivity contribution in [3.8, 4) is 0 Å². The highest BCUT2D eigenvalue weighted by molar-refractivity contribution is 5.69. The van der Waals surface area contributed by atoms with Gasteiger partial charge in [0.1, 0.15) is 11.8 Å². The lowest BCUT2D eigenvalue weighted by Gasteiger charge is -2.12. The summed E-state index contributed by atoms with van der Waals surface area (Å²) in [6.45, 7) is 2.00. The van der Waals surface area contributed by atoms with Gasteiger partial charge in [0.15, 0.2) is 0 Å². The average Bonchev–Trinajstić information content (AvgIpc) is 3.05. The van der Waals surface area contributed by atoms with Crippen molar-refractivity contribution >= 4 is 12.0 Å². The predicted octanol–water partition coefficient (Wildman–Crippen LogP) is 1.84. The van der Waals surface area contributed by atoms with Gasteiger partial charge in [-0.05, 0) is 31.8 Å². The van der Waals surface area contributed by atoms with Gasteiger partial charge in [-0.15, -0.1) is 5.10 Å². The van der Waals surface area contributed by atoms with Crippen LogP contribution in [0, 0.1) is 0 Å². The Morgan fingerprint density at radius 3 is 2.57 bits per heavy atom. The second kappa shape index (κ2) is 13.0. The van der Waals surface area contributed by atoms with Crippen molar-refractivity contribution in [3.63, 3.8) is 0 Å². The number of carbonyl (C=O) groups is 1. The lowest BCUT2D eigenvalue weighted by atomic mass is 10.1. The number of hydrogen-bond acceptors (Lipinski definition) is 7. The minimum Gasteiger partial charge on any atom is -0.469 e. The standard InChI is InChI=1S/C20H31N3O5/c1-4-5-7-10-16(24)17(25)14-13-15-20(21-22-23(15)2)18(26)11-8-6-9-12-19(27)28-3/h5-8,13-14,16-18,24-26H,4,9-12H2,1-3H3/b7-5-,8-6-,14-13+/t16-,17+,18+/m1/s1. The zero-order valence-electron chi connectivity index (χ0n) is 16.7. The number of aryl methyl sites for hydroxylation is 1. The zero-order chi connectivity index (χ0) is 20.9. The van der Waals surface area contributed by atoms with E-state index in [-0.39, 0.29) is 12.4 Å². The van der Waals surface area contributed by atoms with Gasteiger partial charge >= 0.3 is 5.97 Å². The van der Waals surface area contributed by atoms with Crippen LogP contribution in [0.4, 0.5) is 0 Å². The van der Waals surface area contributed by atoms with Crippen LogP contribution in [-0.4, -0.2) is 55.6 Å². The van der Waals surface area contributed by atoms with E-state index in [9.17, 15) is 20.1 Å². The molecule has 0 saturated carbocycles. The molecule has 0 spiro atoms. The molecule has 3 N–H and O–H groups in total. The average molecular weight is 393 g/mol. The third-order valence-electron chi connectivity index (χ3n) is 4.11. The molecule has 0 bridgehead atoms. The van der Waals surface area contributed by atoms with Crippen molar-refractivity contribution in [2.45, 2.75) is 57.3 Å². The summed E-state index contributed by atoms with van der Waals surface area (Å²) in [7, 11) is 3.03. The van der Waals surface area contributed by atoms with E-state index in [2.05, 4.69) is 15.0 Å². The molecule has 28 heavy (non-hydrogen) atoms. The number of esters is 1. The molecule has 1 heterocycles. The maximum atomic E-state index is 11.1. The van der Waals surface area contributed by atoms with Gasteiger partial charge in [-0.2, -0.15) is 0 Å². The summed E-state index contributed by atoms with van der Waals surface area (Å²) < 4.78 is 6.06. The monoisotopic (exact) mass is 393 g/mol. The Kier molecular flexibility index (Phi) is 11.0. The molecule has 0 aliphatic heterocycles. The van der Waals surface area contributed by atoms with Crippen LogP contribution in [0.25, 0.3) is 6.08 Å². The summed E-state index contributed by atoms with van der Waals surface area (Å²) in [5, 5.41) is 38.3. The zero-order valence-corrected chi connectivity index (χ0v) is 16.7. The third kappa shape index (κ3) is 8.16. The molecule has 0 amide bonds. The minimum atomic E-state index is -1.04. The second-order valence-electron chi connectivity index (χ2n) is 6.35. The van der Waals surface area contributed by atoms with Gasteiger partial charge in [0, 0.05) is 13.5 Å². The molecule has 0 radical (unpaired) electrons. The number of nitrogens with zero attached hydrogens (tertiary/aromatic N) is 3. The van der Waals surface area contributed by atoms with Crippen molar-refractivity contribution in [3.05, 3.63) is 41.8 Å². The van der Waals surface area contributed by atoms with Gasteiger partial charge in [0.25, 0.3) is 0 Å². The van der Waals surface area contributed by atoms with E-state index in [4.69, 9.17) is 0 Å². The number of hydrogen-bond donors (Lipinski definition) is 3. The molecule has 0 aliphatic carbocycles. The fourth-order valence-corrected chi connectivity index (χ4v) is 2.43. The molecular weight excluding hydrogens is 362 g/mol. The number of carbonyl (C=O) groups excluding carboxylic acids is 1. The number of allylic oxidation sites excluding steroid dienone is 2. The normalized spacial score (nSPS) is 15.5. The highest BCUT2D eigenvalue weighted by Gasteiger charge is 2.17. The molecule has 0 saturated heterocycles. The molecule has 0 aliphatic rings. The van der Waals surface area contributed by atoms with E-state index in [1.165, 1.54) is 17.9 Å². The SMILES string of the molecule is CC/C=C\C[C@@H](O)[C@@H](O)/C=C/c1c([C@@H](O)C/C=C\CCC(=O)OC)nnn1C. The van der Waals surface area contributed by atoms with E-state index in [1.54, 1.807) is 25.3 Å². The third-order valence-corrected chi connectivity index (χ3v) is 4.11. The van der Waals surface area contributed by atoms with E-state index >= 15 is 0 Å². The Bertz CT molecular complexity index is 681. The summed E-state index contributed by atoms with van der Waals surface area (Å²) in [6.07, 6.45) is 9.92. The first kappa shape index (κ1) is 23.7. The number of methoxy groups -OCH3 is 1. The molecule has 0 unspecified atom stereocenters. The number of aliphatic hydroxyl groups excluding tert-OH is 3. The summed E-state index contributed by atoms with van der Waals surface area (Å²) >= 11 is 0. The maximum absolute atomic E-state index is 11.1. The lowest BCUT2D eigenvalue weighted by molar-refractivity contribution is -0.140. The minimum absolute atomic E-state index is 0.280. The fourth-order valence-electron chi connectivity index (χ4n) is 2.43. The molecule has 3 atom stereocenters. The Balaban J connectivity index is 2.67. The molecule has 156 valence electrons. The van der Waals surface area contributed by atoms with Gasteiger partial charge in [0.05, 0.1) is 25.0 Å². The van der Waals surface area contributed by atoms with Gasteiger partial charge in [-0.25, -0.2) is 4.68 Å². The Hall–Kier alpha value is -2.29. The molecule has 8 nitrogen and oxygen atoms in total. The van der Waals surface area contributed by atoms with Crippen LogP contribution in [0.3, 0.4) is 0 Å². The quantitative estimate of drug-likeness (QED) is 0.366. The van der Waals surface area contributed by atoms with Crippen molar-refractivity contribution in [2.24, 2.45) is 7.05 Å². The van der Waals surface area contributed by atoms with Crippen molar-refractivity contribution < 1.29 is 24.9 Å². The first-order chi connectivity index (χ1) is 13.4. The van der Waals surface area contributed by atoms with E-state index in [0.717, 1.165) is 6.42 Å². The lowest BCUT2D eigenvalue weighted by Crippen LogP contribution is -2.22. The van der Waals surface area contributed by atoms with Crippen LogP contribution in [-0.2, 0) is 16.6 Å². The Morgan fingerprint density at radius 2 is 1.89 bits per heavy atom. The summed E-state index contributed by atoms with van der Waals surface area (Å²) in [6, 6.07) is 0. The number of rotatable bonds is 12. The van der Waals surface area contributed by atoms with Crippen molar-refractivity contribution in [1.82, 2.24) is 15.0 Å². The molecule has 1 aromatic heterocycles. The molecule has 0 fully saturated rings. The van der Waals surface area contributed by atoms with Crippen molar-refractivity contribution in [1.29, 1.82) is 0 Å². The van der Waals surface area contributed by atoms with E-state index in [0.29, 0.717) is 30.7 Å². The first-order valence-electron chi connectivity index (χ1n) is 9.39. The highest BCUT2D eigenvalue weighted by Crippen LogP contribution is 2.20. The molecule has 1 rings (SSSR count). The number of ether oxygens (including phenoxy) is 1. The topological polar surface area (TPSA) is 118 Å². The van der Waals surface area contributed by atoms with Gasteiger partial charge in [0.2, 0.25) is 0 Å². The molecule has 8 heteroatoms. The van der Waals surface area contributed by atoms with E-state index < -0.39 is 18.3 Å². The fraction of sp³-hybridized carbons (Fsp3) is 0.550. The number of aliphatic hydroxyl groups is 3. The molecule has 1 aromatic rings. The molecule has 0 aromatic carbocycles. The summed E-state index contributed by atoms with van der Waals surface area (Å²) in [4.78, 5) is 11.1. The summed E-state index contributed by atoms with van der Waals surface area (Å²) in [5.41, 5.74) is 0.926. The van der Waals surface area contributed by atoms with Gasteiger partial charge in [-0.3, -0.25) is 4.79 Å².